The van der Waals surface area contributed by atoms with Crippen LogP contribution in [0.3, 0.4) is 0 Å². The number of rotatable bonds is 2. The maximum Gasteiger partial charge on any atom is 0.282 e. The third-order valence-corrected chi connectivity index (χ3v) is 5.62. The largest absolute Gasteiger partial charge is 0.336 e. The molecule has 0 radical (unpaired) electrons. The third kappa shape index (κ3) is 1.88. The smallest absolute Gasteiger partial charge is 0.282 e. The number of alkyl halides is 2. The van der Waals surface area contributed by atoms with Crippen molar-refractivity contribution in [2.24, 2.45) is 5.41 Å². The molecule has 3 aliphatic rings. The molecule has 2 heterocycles. The summed E-state index contributed by atoms with van der Waals surface area (Å²) in [6, 6.07) is 0. The number of piperidine rings is 1. The molecule has 6 heteroatoms. The van der Waals surface area contributed by atoms with E-state index in [0.717, 1.165) is 18.5 Å². The molecule has 3 nitrogen and oxygen atoms in total. The van der Waals surface area contributed by atoms with Crippen LogP contribution in [0.4, 0.5) is 8.78 Å². The molecule has 2 saturated carbocycles. The first kappa shape index (κ1) is 12.7. The summed E-state index contributed by atoms with van der Waals surface area (Å²) in [5.74, 6) is -2.22. The minimum Gasteiger partial charge on any atom is -0.336 e. The fourth-order valence-corrected chi connectivity index (χ4v) is 4.08. The van der Waals surface area contributed by atoms with Gasteiger partial charge in [0.2, 0.25) is 0 Å². The molecule has 1 aromatic heterocycles. The van der Waals surface area contributed by atoms with Gasteiger partial charge in [0.05, 0.1) is 11.1 Å². The second-order valence-electron chi connectivity index (χ2n) is 6.34. The zero-order chi connectivity index (χ0) is 14.0. The lowest BCUT2D eigenvalue weighted by Gasteiger charge is -2.32. The van der Waals surface area contributed by atoms with Gasteiger partial charge in [0.15, 0.2) is 5.01 Å². The molecule has 1 spiro atoms. The van der Waals surface area contributed by atoms with Crippen molar-refractivity contribution in [3.8, 4) is 0 Å². The molecule has 0 bridgehead atoms. The van der Waals surface area contributed by atoms with Crippen LogP contribution in [0.25, 0.3) is 0 Å². The predicted octanol–water partition coefficient (Wildman–Crippen LogP) is 3.28. The monoisotopic (exact) mass is 298 g/mol. The van der Waals surface area contributed by atoms with Crippen molar-refractivity contribution in [3.63, 3.8) is 0 Å². The Kier molecular flexibility index (Phi) is 2.53. The molecule has 1 saturated heterocycles. The van der Waals surface area contributed by atoms with E-state index in [4.69, 9.17) is 0 Å². The van der Waals surface area contributed by atoms with Crippen LogP contribution < -0.4 is 0 Å². The highest BCUT2D eigenvalue weighted by atomic mass is 32.1. The summed E-state index contributed by atoms with van der Waals surface area (Å²) in [7, 11) is 0. The molecular formula is C14H16F2N2OS. The van der Waals surface area contributed by atoms with Gasteiger partial charge in [0.25, 0.3) is 11.8 Å². The topological polar surface area (TPSA) is 33.2 Å². The number of carbonyl (C=O) groups is 1. The van der Waals surface area contributed by atoms with Crippen molar-refractivity contribution in [2.45, 2.75) is 43.9 Å². The fourth-order valence-electron chi connectivity index (χ4n) is 3.21. The van der Waals surface area contributed by atoms with E-state index < -0.39 is 11.3 Å². The van der Waals surface area contributed by atoms with Crippen LogP contribution >= 0.6 is 11.3 Å². The van der Waals surface area contributed by atoms with Crippen LogP contribution in [-0.4, -0.2) is 34.8 Å². The first-order valence-corrected chi connectivity index (χ1v) is 8.01. The van der Waals surface area contributed by atoms with Crippen molar-refractivity contribution in [1.29, 1.82) is 0 Å². The summed E-state index contributed by atoms with van der Waals surface area (Å²) < 4.78 is 27.0. The van der Waals surface area contributed by atoms with Crippen LogP contribution in [0.1, 0.15) is 53.5 Å². The molecule has 1 aromatic rings. The Morgan fingerprint density at radius 3 is 2.85 bits per heavy atom. The molecule has 0 aromatic carbocycles. The van der Waals surface area contributed by atoms with Gasteiger partial charge >= 0.3 is 0 Å². The van der Waals surface area contributed by atoms with E-state index in [1.165, 1.54) is 11.3 Å². The maximum absolute atomic E-state index is 13.5. The Morgan fingerprint density at radius 2 is 2.20 bits per heavy atom. The normalized spacial score (nSPS) is 31.6. The van der Waals surface area contributed by atoms with E-state index in [1.54, 1.807) is 4.90 Å². The number of carbonyl (C=O) groups excluding carboxylic acids is 1. The zero-order valence-corrected chi connectivity index (χ0v) is 11.9. The molecule has 1 aliphatic heterocycles. The van der Waals surface area contributed by atoms with E-state index in [9.17, 15) is 13.6 Å². The Balaban J connectivity index is 1.50. The number of thiazole rings is 1. The number of hydrogen-bond acceptors (Lipinski definition) is 3. The molecule has 1 amide bonds. The molecule has 108 valence electrons. The predicted molar refractivity (Wildman–Crippen MR) is 71.2 cm³/mol. The molecule has 2 aliphatic carbocycles. The van der Waals surface area contributed by atoms with Crippen molar-refractivity contribution in [1.82, 2.24) is 9.88 Å². The number of halogens is 2. The van der Waals surface area contributed by atoms with Crippen molar-refractivity contribution < 1.29 is 13.6 Å². The van der Waals surface area contributed by atoms with Crippen LogP contribution in [0, 0.1) is 5.41 Å². The number of aromatic nitrogens is 1. The van der Waals surface area contributed by atoms with Gasteiger partial charge < -0.3 is 4.90 Å². The van der Waals surface area contributed by atoms with Crippen molar-refractivity contribution in [3.05, 3.63) is 16.1 Å². The number of likely N-dealkylation sites (tertiary alicyclic amines) is 1. The molecule has 0 N–H and O–H groups in total. The second-order valence-corrected chi connectivity index (χ2v) is 7.20. The minimum atomic E-state index is -2.58. The Hall–Kier alpha value is -1.04. The Morgan fingerprint density at radius 1 is 1.45 bits per heavy atom. The van der Waals surface area contributed by atoms with Gasteiger partial charge in [-0.15, -0.1) is 11.3 Å². The van der Waals surface area contributed by atoms with Crippen LogP contribution in [0.2, 0.25) is 0 Å². The van der Waals surface area contributed by atoms with E-state index in [-0.39, 0.29) is 18.9 Å². The van der Waals surface area contributed by atoms with Crippen molar-refractivity contribution >= 4 is 17.2 Å². The van der Waals surface area contributed by atoms with Gasteiger partial charge in [-0.3, -0.25) is 4.79 Å². The average Bonchev–Trinajstić information content (AvgIpc) is 3.27. The molecule has 20 heavy (non-hydrogen) atoms. The molecule has 1 unspecified atom stereocenters. The highest BCUT2D eigenvalue weighted by molar-refractivity contribution is 7.11. The van der Waals surface area contributed by atoms with Gasteiger partial charge in [-0.25, -0.2) is 13.8 Å². The summed E-state index contributed by atoms with van der Waals surface area (Å²) in [5, 5.41) is 2.41. The number of amides is 1. The van der Waals surface area contributed by atoms with Gasteiger partial charge in [-0.2, -0.15) is 0 Å². The zero-order valence-electron chi connectivity index (χ0n) is 11.1. The maximum atomic E-state index is 13.5. The minimum absolute atomic E-state index is 0.0605. The fraction of sp³-hybridized carbons (Fsp3) is 0.714. The van der Waals surface area contributed by atoms with Crippen LogP contribution in [-0.2, 0) is 0 Å². The summed E-state index contributed by atoms with van der Waals surface area (Å²) >= 11 is 1.35. The first-order chi connectivity index (χ1) is 9.51. The molecule has 1 atom stereocenters. The Bertz CT molecular complexity index is 569. The average molecular weight is 298 g/mol. The van der Waals surface area contributed by atoms with Gasteiger partial charge in [0, 0.05) is 30.8 Å². The van der Waals surface area contributed by atoms with E-state index >= 15 is 0 Å². The van der Waals surface area contributed by atoms with Gasteiger partial charge in [0.1, 0.15) is 0 Å². The standard InChI is InChI=1S/C14H16F2N2OS/c15-14(16)7-13(14)4-1-5-18(8-13)12(19)11-17-10(6-20-11)9-2-3-9/h6,9H,1-5,7-8H2. The van der Waals surface area contributed by atoms with E-state index in [0.29, 0.717) is 30.3 Å². The van der Waals surface area contributed by atoms with Gasteiger partial charge in [-0.1, -0.05) is 0 Å². The highest BCUT2D eigenvalue weighted by Gasteiger charge is 2.71. The summed E-state index contributed by atoms with van der Waals surface area (Å²) in [6.07, 6.45) is 3.44. The lowest BCUT2D eigenvalue weighted by molar-refractivity contribution is 0.0233. The van der Waals surface area contributed by atoms with E-state index in [1.807, 2.05) is 5.38 Å². The molecule has 4 rings (SSSR count). The molecule has 3 fully saturated rings. The SMILES string of the molecule is O=C(c1nc(C2CC2)cs1)N1CCCC2(C1)CC2(F)F. The summed E-state index contributed by atoms with van der Waals surface area (Å²) in [5.41, 5.74) is 0.0686. The van der Waals surface area contributed by atoms with E-state index in [2.05, 4.69) is 4.98 Å². The second kappa shape index (κ2) is 4.00. The quantitative estimate of drug-likeness (QED) is 0.839. The van der Waals surface area contributed by atoms with Gasteiger partial charge in [-0.05, 0) is 25.7 Å². The summed E-state index contributed by atoms with van der Waals surface area (Å²) in [6.45, 7) is 0.770. The highest BCUT2D eigenvalue weighted by Crippen LogP contribution is 2.64. The third-order valence-electron chi connectivity index (χ3n) is 4.78. The number of hydrogen-bond donors (Lipinski definition) is 0. The Labute approximate surface area is 120 Å². The first-order valence-electron chi connectivity index (χ1n) is 7.13. The van der Waals surface area contributed by atoms with Crippen LogP contribution in [0.15, 0.2) is 5.38 Å². The lowest BCUT2D eigenvalue weighted by atomic mass is 9.94. The summed E-state index contributed by atoms with van der Waals surface area (Å²) in [4.78, 5) is 18.4. The molecular weight excluding hydrogens is 282 g/mol. The lowest BCUT2D eigenvalue weighted by Crippen LogP contribution is -2.42. The van der Waals surface area contributed by atoms with Crippen LogP contribution in [0.5, 0.6) is 0 Å². The number of nitrogens with zero attached hydrogens (tertiary/aromatic N) is 2. The van der Waals surface area contributed by atoms with Crippen molar-refractivity contribution in [2.75, 3.05) is 13.1 Å².